The fraction of sp³-hybridized carbons (Fsp3) is 0.800. The SMILES string of the molecule is C[C@@H]1C=C2[C@@H](CC1)C2(C)C. The summed E-state index contributed by atoms with van der Waals surface area (Å²) in [6, 6.07) is 0. The third kappa shape index (κ3) is 0.680. The van der Waals surface area contributed by atoms with Crippen LogP contribution < -0.4 is 0 Å². The van der Waals surface area contributed by atoms with Gasteiger partial charge in [-0.1, -0.05) is 32.4 Å². The monoisotopic (exact) mass is 136 g/mol. The zero-order chi connectivity index (χ0) is 7.35. The van der Waals surface area contributed by atoms with Gasteiger partial charge in [0, 0.05) is 0 Å². The second kappa shape index (κ2) is 1.66. The van der Waals surface area contributed by atoms with Gasteiger partial charge < -0.3 is 0 Å². The molecule has 10 heavy (non-hydrogen) atoms. The van der Waals surface area contributed by atoms with Crippen molar-refractivity contribution >= 4 is 0 Å². The van der Waals surface area contributed by atoms with Crippen molar-refractivity contribution in [2.75, 3.05) is 0 Å². The van der Waals surface area contributed by atoms with E-state index in [2.05, 4.69) is 26.8 Å². The van der Waals surface area contributed by atoms with E-state index in [0.717, 1.165) is 11.8 Å². The molecular formula is C10H16. The van der Waals surface area contributed by atoms with Gasteiger partial charge in [0.2, 0.25) is 0 Å². The standard InChI is InChI=1S/C10H16/c1-7-4-5-8-9(6-7)10(8,2)3/h6-8H,4-5H2,1-3H3/t7-,8+/m0/s1. The van der Waals surface area contributed by atoms with E-state index in [0.29, 0.717) is 5.41 Å². The molecule has 0 spiro atoms. The van der Waals surface area contributed by atoms with Crippen LogP contribution >= 0.6 is 0 Å². The van der Waals surface area contributed by atoms with Gasteiger partial charge in [0.05, 0.1) is 0 Å². The molecule has 0 nitrogen and oxygen atoms in total. The van der Waals surface area contributed by atoms with E-state index in [9.17, 15) is 0 Å². The number of allylic oxidation sites excluding steroid dienone is 2. The molecular weight excluding hydrogens is 120 g/mol. The zero-order valence-corrected chi connectivity index (χ0v) is 7.15. The molecule has 1 saturated carbocycles. The van der Waals surface area contributed by atoms with Crippen LogP contribution in [0.1, 0.15) is 33.6 Å². The Morgan fingerprint density at radius 3 is 2.60 bits per heavy atom. The molecule has 0 aromatic rings. The van der Waals surface area contributed by atoms with E-state index >= 15 is 0 Å². The van der Waals surface area contributed by atoms with E-state index in [1.807, 2.05) is 0 Å². The molecule has 0 aromatic heterocycles. The normalized spacial score (nSPS) is 42.1. The summed E-state index contributed by atoms with van der Waals surface area (Å²) in [5.41, 5.74) is 2.33. The van der Waals surface area contributed by atoms with Crippen LogP contribution in [-0.2, 0) is 0 Å². The van der Waals surface area contributed by atoms with E-state index in [-0.39, 0.29) is 0 Å². The molecule has 0 bridgehead atoms. The van der Waals surface area contributed by atoms with Crippen LogP contribution in [0, 0.1) is 17.3 Å². The Hall–Kier alpha value is -0.260. The number of hydrogen-bond donors (Lipinski definition) is 0. The molecule has 0 unspecified atom stereocenters. The first-order valence-corrected chi connectivity index (χ1v) is 4.34. The van der Waals surface area contributed by atoms with Crippen LogP contribution in [0.5, 0.6) is 0 Å². The fourth-order valence-corrected chi connectivity index (χ4v) is 2.34. The van der Waals surface area contributed by atoms with Gasteiger partial charge in [-0.3, -0.25) is 0 Å². The molecule has 0 amide bonds. The Labute approximate surface area is 63.3 Å². The predicted octanol–water partition coefficient (Wildman–Crippen LogP) is 3.00. The zero-order valence-electron chi connectivity index (χ0n) is 7.15. The summed E-state index contributed by atoms with van der Waals surface area (Å²) in [5.74, 6) is 1.82. The maximum atomic E-state index is 2.49. The van der Waals surface area contributed by atoms with Crippen molar-refractivity contribution in [2.45, 2.75) is 33.6 Å². The largest absolute Gasteiger partial charge is 0.0816 e. The summed E-state index contributed by atoms with van der Waals surface area (Å²) in [5, 5.41) is 0. The molecule has 0 N–H and O–H groups in total. The van der Waals surface area contributed by atoms with Crippen LogP contribution in [0.4, 0.5) is 0 Å². The molecule has 0 aliphatic heterocycles. The molecule has 0 radical (unpaired) electrons. The smallest absolute Gasteiger partial charge is 0.00759 e. The van der Waals surface area contributed by atoms with Crippen molar-refractivity contribution in [1.82, 2.24) is 0 Å². The molecule has 2 atom stereocenters. The quantitative estimate of drug-likeness (QED) is 0.449. The average molecular weight is 136 g/mol. The van der Waals surface area contributed by atoms with Crippen molar-refractivity contribution in [1.29, 1.82) is 0 Å². The van der Waals surface area contributed by atoms with Gasteiger partial charge in [-0.25, -0.2) is 0 Å². The summed E-state index contributed by atoms with van der Waals surface area (Å²) in [6.07, 6.45) is 5.35. The lowest BCUT2D eigenvalue weighted by molar-refractivity contribution is 0.488. The minimum absolute atomic E-state index is 0.588. The second-order valence-corrected chi connectivity index (χ2v) is 4.45. The lowest BCUT2D eigenvalue weighted by Crippen LogP contribution is -1.95. The fourth-order valence-electron chi connectivity index (χ4n) is 2.34. The topological polar surface area (TPSA) is 0 Å². The van der Waals surface area contributed by atoms with Crippen molar-refractivity contribution in [3.8, 4) is 0 Å². The third-order valence-electron chi connectivity index (χ3n) is 3.28. The van der Waals surface area contributed by atoms with Gasteiger partial charge in [0.25, 0.3) is 0 Å². The highest BCUT2D eigenvalue weighted by molar-refractivity contribution is 5.37. The van der Waals surface area contributed by atoms with Crippen molar-refractivity contribution in [2.24, 2.45) is 17.3 Å². The molecule has 0 heterocycles. The van der Waals surface area contributed by atoms with Crippen LogP contribution in [0.3, 0.4) is 0 Å². The molecule has 56 valence electrons. The lowest BCUT2D eigenvalue weighted by Gasteiger charge is -2.08. The predicted molar refractivity (Wildman–Crippen MR) is 43.8 cm³/mol. The van der Waals surface area contributed by atoms with E-state index in [4.69, 9.17) is 0 Å². The van der Waals surface area contributed by atoms with Crippen LogP contribution in [0.15, 0.2) is 11.6 Å². The van der Waals surface area contributed by atoms with Crippen molar-refractivity contribution in [3.63, 3.8) is 0 Å². The molecule has 2 aliphatic carbocycles. The Morgan fingerprint density at radius 1 is 1.40 bits per heavy atom. The van der Waals surface area contributed by atoms with Gasteiger partial charge >= 0.3 is 0 Å². The van der Waals surface area contributed by atoms with Gasteiger partial charge in [0.1, 0.15) is 0 Å². The lowest BCUT2D eigenvalue weighted by atomic mass is 9.98. The molecule has 0 saturated heterocycles. The molecule has 0 aromatic carbocycles. The van der Waals surface area contributed by atoms with Gasteiger partial charge in [0.15, 0.2) is 0 Å². The minimum Gasteiger partial charge on any atom is -0.0816 e. The highest BCUT2D eigenvalue weighted by atomic mass is 14.6. The first-order valence-electron chi connectivity index (χ1n) is 4.34. The molecule has 2 rings (SSSR count). The van der Waals surface area contributed by atoms with Crippen molar-refractivity contribution in [3.05, 3.63) is 11.6 Å². The minimum atomic E-state index is 0.588. The maximum absolute atomic E-state index is 2.49. The van der Waals surface area contributed by atoms with Crippen molar-refractivity contribution < 1.29 is 0 Å². The number of hydrogen-bond acceptors (Lipinski definition) is 0. The summed E-state index contributed by atoms with van der Waals surface area (Å²) < 4.78 is 0. The maximum Gasteiger partial charge on any atom is -0.00759 e. The number of fused-ring (bicyclic) bond motifs is 1. The Kier molecular flexibility index (Phi) is 1.07. The van der Waals surface area contributed by atoms with E-state index in [1.165, 1.54) is 12.8 Å². The Morgan fingerprint density at radius 2 is 2.10 bits per heavy atom. The number of rotatable bonds is 0. The van der Waals surface area contributed by atoms with E-state index in [1.54, 1.807) is 5.57 Å². The first-order chi connectivity index (χ1) is 4.62. The van der Waals surface area contributed by atoms with Crippen LogP contribution in [0.25, 0.3) is 0 Å². The molecule has 1 fully saturated rings. The van der Waals surface area contributed by atoms with E-state index < -0.39 is 0 Å². The van der Waals surface area contributed by atoms with Gasteiger partial charge in [-0.2, -0.15) is 0 Å². The first kappa shape index (κ1) is 6.45. The Balaban J connectivity index is 2.24. The summed E-state index contributed by atoms with van der Waals surface area (Å²) in [7, 11) is 0. The van der Waals surface area contributed by atoms with Gasteiger partial charge in [-0.15, -0.1) is 0 Å². The summed E-state index contributed by atoms with van der Waals surface area (Å²) in [6.45, 7) is 7.08. The Bertz CT molecular complexity index is 186. The van der Waals surface area contributed by atoms with Crippen LogP contribution in [0.2, 0.25) is 0 Å². The van der Waals surface area contributed by atoms with Crippen LogP contribution in [-0.4, -0.2) is 0 Å². The second-order valence-electron chi connectivity index (χ2n) is 4.45. The highest BCUT2D eigenvalue weighted by Gasteiger charge is 2.52. The molecule has 0 heteroatoms. The van der Waals surface area contributed by atoms with Gasteiger partial charge in [-0.05, 0) is 30.1 Å². The summed E-state index contributed by atoms with van der Waals surface area (Å²) in [4.78, 5) is 0. The molecule has 2 aliphatic rings. The third-order valence-corrected chi connectivity index (χ3v) is 3.28. The average Bonchev–Trinajstić information content (AvgIpc) is 2.36. The highest BCUT2D eigenvalue weighted by Crippen LogP contribution is 2.62. The summed E-state index contributed by atoms with van der Waals surface area (Å²) >= 11 is 0.